The van der Waals surface area contributed by atoms with Crippen molar-refractivity contribution < 1.29 is 5.11 Å². The van der Waals surface area contributed by atoms with E-state index in [2.05, 4.69) is 61.4 Å². The van der Waals surface area contributed by atoms with Gasteiger partial charge in [0.1, 0.15) is 5.75 Å². The van der Waals surface area contributed by atoms with Crippen molar-refractivity contribution in [1.29, 1.82) is 0 Å². The third kappa shape index (κ3) is 2.92. The van der Waals surface area contributed by atoms with Crippen LogP contribution in [0.3, 0.4) is 0 Å². The Morgan fingerprint density at radius 2 is 1.60 bits per heavy atom. The summed E-state index contributed by atoms with van der Waals surface area (Å²) in [7, 11) is 0. The molecule has 0 saturated heterocycles. The van der Waals surface area contributed by atoms with E-state index < -0.39 is 0 Å². The number of fused-ring (bicyclic) bond motifs is 1. The van der Waals surface area contributed by atoms with Crippen molar-refractivity contribution in [3.05, 3.63) is 62.0 Å². The molecule has 2 nitrogen and oxygen atoms in total. The molecule has 2 aromatic rings. The molecule has 4 heteroatoms. The molecule has 1 aliphatic carbocycles. The lowest BCUT2D eigenvalue weighted by Gasteiger charge is -2.13. The SMILES string of the molecule is Oc1c(Br)cc(CNC2Cc3ccccc3C2)cc1Br. The standard InChI is InChI=1S/C16H15Br2NO/c17-14-5-10(6-15(18)16(14)20)9-19-13-7-11-3-1-2-4-12(11)8-13/h1-6,13,19-20H,7-9H2. The van der Waals surface area contributed by atoms with Crippen LogP contribution < -0.4 is 5.32 Å². The molecule has 20 heavy (non-hydrogen) atoms. The molecule has 0 saturated carbocycles. The minimum atomic E-state index is 0.252. The fourth-order valence-electron chi connectivity index (χ4n) is 2.69. The second-order valence-electron chi connectivity index (χ2n) is 5.16. The van der Waals surface area contributed by atoms with Crippen molar-refractivity contribution in [2.24, 2.45) is 0 Å². The second kappa shape index (κ2) is 5.88. The summed E-state index contributed by atoms with van der Waals surface area (Å²) in [5, 5.41) is 13.3. The highest BCUT2D eigenvalue weighted by atomic mass is 79.9. The highest BCUT2D eigenvalue weighted by Crippen LogP contribution is 2.33. The molecule has 0 spiro atoms. The van der Waals surface area contributed by atoms with Gasteiger partial charge >= 0.3 is 0 Å². The first-order valence-corrected chi connectivity index (χ1v) is 8.19. The van der Waals surface area contributed by atoms with Gasteiger partial charge in [0.05, 0.1) is 8.95 Å². The average Bonchev–Trinajstić information content (AvgIpc) is 2.85. The molecule has 0 aromatic heterocycles. The van der Waals surface area contributed by atoms with Gasteiger partial charge in [-0.3, -0.25) is 0 Å². The summed E-state index contributed by atoms with van der Waals surface area (Å²) in [5.41, 5.74) is 4.06. The van der Waals surface area contributed by atoms with Crippen LogP contribution in [-0.2, 0) is 19.4 Å². The summed E-state index contributed by atoms with van der Waals surface area (Å²) in [6.45, 7) is 0.802. The maximum absolute atomic E-state index is 9.71. The van der Waals surface area contributed by atoms with Gasteiger partial charge in [-0.15, -0.1) is 0 Å². The number of aromatic hydroxyl groups is 1. The number of halogens is 2. The maximum atomic E-state index is 9.71. The van der Waals surface area contributed by atoms with Gasteiger partial charge in [0.2, 0.25) is 0 Å². The zero-order chi connectivity index (χ0) is 14.1. The molecule has 2 N–H and O–H groups in total. The molecule has 104 valence electrons. The van der Waals surface area contributed by atoms with Gasteiger partial charge in [0, 0.05) is 12.6 Å². The van der Waals surface area contributed by atoms with Crippen molar-refractivity contribution in [2.75, 3.05) is 0 Å². The molecule has 3 rings (SSSR count). The molecule has 0 amide bonds. The van der Waals surface area contributed by atoms with Crippen molar-refractivity contribution >= 4 is 31.9 Å². The topological polar surface area (TPSA) is 32.3 Å². The molecule has 0 radical (unpaired) electrons. The van der Waals surface area contributed by atoms with E-state index in [0.29, 0.717) is 6.04 Å². The van der Waals surface area contributed by atoms with Crippen LogP contribution in [0.2, 0.25) is 0 Å². The Morgan fingerprint density at radius 3 is 2.15 bits per heavy atom. The van der Waals surface area contributed by atoms with Crippen molar-refractivity contribution in [3.8, 4) is 5.75 Å². The summed E-state index contributed by atoms with van der Waals surface area (Å²) in [4.78, 5) is 0. The minimum absolute atomic E-state index is 0.252. The third-order valence-electron chi connectivity index (χ3n) is 3.72. The lowest BCUT2D eigenvalue weighted by molar-refractivity contribution is 0.467. The molecule has 0 bridgehead atoms. The fourth-order valence-corrected chi connectivity index (χ4v) is 3.97. The summed E-state index contributed by atoms with van der Waals surface area (Å²) in [5.74, 6) is 0.252. The van der Waals surface area contributed by atoms with E-state index in [1.807, 2.05) is 12.1 Å². The monoisotopic (exact) mass is 395 g/mol. The van der Waals surface area contributed by atoms with E-state index in [4.69, 9.17) is 0 Å². The lowest BCUT2D eigenvalue weighted by atomic mass is 10.1. The van der Waals surface area contributed by atoms with Crippen molar-refractivity contribution in [1.82, 2.24) is 5.32 Å². The number of hydrogen-bond donors (Lipinski definition) is 2. The van der Waals surface area contributed by atoms with E-state index in [9.17, 15) is 5.11 Å². The van der Waals surface area contributed by atoms with Crippen LogP contribution in [-0.4, -0.2) is 11.1 Å². The van der Waals surface area contributed by atoms with Crippen LogP contribution in [0.4, 0.5) is 0 Å². The van der Waals surface area contributed by atoms with Crippen LogP contribution in [0.5, 0.6) is 5.75 Å². The normalized spacial score (nSPS) is 14.5. The average molecular weight is 397 g/mol. The minimum Gasteiger partial charge on any atom is -0.506 e. The Bertz CT molecular complexity index is 594. The van der Waals surface area contributed by atoms with E-state index >= 15 is 0 Å². The molecule has 0 fully saturated rings. The van der Waals surface area contributed by atoms with Gasteiger partial charge in [0.25, 0.3) is 0 Å². The number of hydrogen-bond acceptors (Lipinski definition) is 2. The summed E-state index contributed by atoms with van der Waals surface area (Å²) >= 11 is 6.73. The number of phenols is 1. The lowest BCUT2D eigenvalue weighted by Crippen LogP contribution is -2.28. The van der Waals surface area contributed by atoms with E-state index in [1.54, 1.807) is 0 Å². The Morgan fingerprint density at radius 1 is 1.05 bits per heavy atom. The molecule has 0 aliphatic heterocycles. The Hall–Kier alpha value is -0.840. The largest absolute Gasteiger partial charge is 0.506 e. The van der Waals surface area contributed by atoms with Crippen molar-refractivity contribution in [3.63, 3.8) is 0 Å². The first-order valence-electron chi connectivity index (χ1n) is 6.60. The van der Waals surface area contributed by atoms with Crippen molar-refractivity contribution in [2.45, 2.75) is 25.4 Å². The smallest absolute Gasteiger partial charge is 0.143 e. The van der Waals surface area contributed by atoms with E-state index in [1.165, 1.54) is 11.1 Å². The molecular weight excluding hydrogens is 382 g/mol. The van der Waals surface area contributed by atoms with Gasteiger partial charge in [0.15, 0.2) is 0 Å². The molecule has 0 atom stereocenters. The van der Waals surface area contributed by atoms with Crippen LogP contribution in [0.1, 0.15) is 16.7 Å². The van der Waals surface area contributed by atoms with Gasteiger partial charge in [-0.25, -0.2) is 0 Å². The highest BCUT2D eigenvalue weighted by molar-refractivity contribution is 9.11. The highest BCUT2D eigenvalue weighted by Gasteiger charge is 2.20. The van der Waals surface area contributed by atoms with Crippen LogP contribution in [0.15, 0.2) is 45.3 Å². The second-order valence-corrected chi connectivity index (χ2v) is 6.87. The predicted molar refractivity (Wildman–Crippen MR) is 88.0 cm³/mol. The third-order valence-corrected chi connectivity index (χ3v) is 4.93. The first-order chi connectivity index (χ1) is 9.63. The molecular formula is C16H15Br2NO. The number of phenolic OH excluding ortho intramolecular Hbond substituents is 1. The maximum Gasteiger partial charge on any atom is 0.143 e. The molecule has 0 heterocycles. The fraction of sp³-hybridized carbons (Fsp3) is 0.250. The summed E-state index contributed by atoms with van der Waals surface area (Å²) in [6.07, 6.45) is 2.19. The van der Waals surface area contributed by atoms with E-state index in [0.717, 1.165) is 33.9 Å². The van der Waals surface area contributed by atoms with Gasteiger partial charge in [-0.05, 0) is 73.5 Å². The van der Waals surface area contributed by atoms with E-state index in [-0.39, 0.29) is 5.75 Å². The number of benzene rings is 2. The first kappa shape index (κ1) is 14.1. The van der Waals surface area contributed by atoms with Gasteiger partial charge < -0.3 is 10.4 Å². The zero-order valence-corrected chi connectivity index (χ0v) is 14.0. The van der Waals surface area contributed by atoms with Gasteiger partial charge in [-0.2, -0.15) is 0 Å². The predicted octanol–water partition coefficient (Wildman–Crippen LogP) is 4.17. The quantitative estimate of drug-likeness (QED) is 0.815. The summed E-state index contributed by atoms with van der Waals surface area (Å²) in [6, 6.07) is 13.0. The number of nitrogens with one attached hydrogen (secondary N) is 1. The summed E-state index contributed by atoms with van der Waals surface area (Å²) < 4.78 is 1.44. The van der Waals surface area contributed by atoms with Crippen LogP contribution in [0, 0.1) is 0 Å². The molecule has 1 aliphatic rings. The molecule has 0 unspecified atom stereocenters. The Labute approximate surface area is 135 Å². The van der Waals surface area contributed by atoms with Crippen LogP contribution in [0.25, 0.3) is 0 Å². The molecule has 2 aromatic carbocycles. The number of rotatable bonds is 3. The van der Waals surface area contributed by atoms with Gasteiger partial charge in [-0.1, -0.05) is 24.3 Å². The zero-order valence-electron chi connectivity index (χ0n) is 10.9. The van der Waals surface area contributed by atoms with Crippen LogP contribution >= 0.6 is 31.9 Å². The Kier molecular flexibility index (Phi) is 4.15. The Balaban J connectivity index is 1.64.